The van der Waals surface area contributed by atoms with E-state index in [1.54, 1.807) is 12.1 Å². The minimum Gasteiger partial charge on any atom is -0.273 e. The van der Waals surface area contributed by atoms with Crippen molar-refractivity contribution in [2.24, 2.45) is 11.0 Å². The monoisotopic (exact) mass is 345 g/mol. The molecule has 0 saturated heterocycles. The van der Waals surface area contributed by atoms with Crippen LogP contribution in [0.2, 0.25) is 0 Å². The van der Waals surface area contributed by atoms with Crippen molar-refractivity contribution in [3.63, 3.8) is 0 Å². The highest BCUT2D eigenvalue weighted by Crippen LogP contribution is 2.24. The van der Waals surface area contributed by atoms with Crippen molar-refractivity contribution in [1.29, 1.82) is 0 Å². The smallest absolute Gasteiger partial charge is 0.246 e. The van der Waals surface area contributed by atoms with Gasteiger partial charge in [-0.05, 0) is 55.9 Å². The third-order valence-corrected chi connectivity index (χ3v) is 5.01. The molecule has 1 aromatic heterocycles. The number of halogens is 1. The number of nitrogens with one attached hydrogen (secondary N) is 1. The standard InChI is InChI=1S/C18H20FN3OS/c1-12-3-2-4-15(9-12)21-22-17(23)10-16-11-24-18(20-16)13-5-7-14(19)8-6-13/h5-8,11-12H,2-4,9-10H2,1H3,(H,22,23)/b21-15+/t12-/m1/s1. The highest BCUT2D eigenvalue weighted by Gasteiger charge is 2.14. The Morgan fingerprint density at radius 2 is 2.21 bits per heavy atom. The summed E-state index contributed by atoms with van der Waals surface area (Å²) in [6, 6.07) is 6.19. The normalized spacial score (nSPS) is 19.4. The molecule has 1 heterocycles. The molecule has 2 aromatic rings. The molecule has 0 radical (unpaired) electrons. The quantitative estimate of drug-likeness (QED) is 0.846. The number of thiazole rings is 1. The number of rotatable bonds is 4. The first-order valence-corrected chi connectivity index (χ1v) is 9.03. The molecule has 1 aliphatic rings. The van der Waals surface area contributed by atoms with Crippen LogP contribution in [0.25, 0.3) is 10.6 Å². The van der Waals surface area contributed by atoms with Gasteiger partial charge < -0.3 is 0 Å². The van der Waals surface area contributed by atoms with E-state index in [1.807, 2.05) is 5.38 Å². The number of amides is 1. The fourth-order valence-corrected chi connectivity index (χ4v) is 3.65. The first-order chi connectivity index (χ1) is 11.6. The van der Waals surface area contributed by atoms with Gasteiger partial charge in [0, 0.05) is 16.7 Å². The van der Waals surface area contributed by atoms with Gasteiger partial charge in [-0.3, -0.25) is 4.79 Å². The van der Waals surface area contributed by atoms with Crippen LogP contribution in [0.4, 0.5) is 4.39 Å². The zero-order chi connectivity index (χ0) is 16.9. The molecule has 1 atom stereocenters. The Morgan fingerprint density at radius 3 is 2.96 bits per heavy atom. The highest BCUT2D eigenvalue weighted by molar-refractivity contribution is 7.13. The largest absolute Gasteiger partial charge is 0.273 e. The summed E-state index contributed by atoms with van der Waals surface area (Å²) in [5, 5.41) is 6.89. The van der Waals surface area contributed by atoms with Crippen molar-refractivity contribution in [2.45, 2.75) is 39.0 Å². The predicted octanol–water partition coefficient (Wildman–Crippen LogP) is 4.17. The van der Waals surface area contributed by atoms with Crippen LogP contribution >= 0.6 is 11.3 Å². The first-order valence-electron chi connectivity index (χ1n) is 8.15. The van der Waals surface area contributed by atoms with Crippen LogP contribution < -0.4 is 5.43 Å². The van der Waals surface area contributed by atoms with E-state index in [1.165, 1.54) is 29.9 Å². The maximum absolute atomic E-state index is 13.0. The molecule has 126 valence electrons. The van der Waals surface area contributed by atoms with Crippen molar-refractivity contribution in [3.05, 3.63) is 41.2 Å². The number of aromatic nitrogens is 1. The Balaban J connectivity index is 1.57. The lowest BCUT2D eigenvalue weighted by Gasteiger charge is -2.18. The van der Waals surface area contributed by atoms with Crippen molar-refractivity contribution >= 4 is 23.0 Å². The number of benzene rings is 1. The second kappa shape index (κ2) is 7.66. The van der Waals surface area contributed by atoms with Crippen molar-refractivity contribution in [1.82, 2.24) is 10.4 Å². The van der Waals surface area contributed by atoms with E-state index in [0.29, 0.717) is 11.6 Å². The summed E-state index contributed by atoms with van der Waals surface area (Å²) in [6.45, 7) is 2.21. The van der Waals surface area contributed by atoms with E-state index in [9.17, 15) is 9.18 Å². The highest BCUT2D eigenvalue weighted by atomic mass is 32.1. The van der Waals surface area contributed by atoms with Crippen LogP contribution in [0.5, 0.6) is 0 Å². The summed E-state index contributed by atoms with van der Waals surface area (Å²) in [4.78, 5) is 16.5. The Kier molecular flexibility index (Phi) is 5.35. The molecule has 1 fully saturated rings. The van der Waals surface area contributed by atoms with Crippen LogP contribution in [0.15, 0.2) is 34.7 Å². The second-order valence-electron chi connectivity index (χ2n) is 6.24. The van der Waals surface area contributed by atoms with Crippen molar-refractivity contribution in [3.8, 4) is 10.6 Å². The lowest BCUT2D eigenvalue weighted by atomic mass is 9.89. The molecule has 0 spiro atoms. The van der Waals surface area contributed by atoms with Crippen LogP contribution in [0.1, 0.15) is 38.3 Å². The summed E-state index contributed by atoms with van der Waals surface area (Å²) in [5.41, 5.74) is 5.27. The Morgan fingerprint density at radius 1 is 1.42 bits per heavy atom. The van der Waals surface area contributed by atoms with E-state index < -0.39 is 0 Å². The van der Waals surface area contributed by atoms with Gasteiger partial charge in [-0.15, -0.1) is 11.3 Å². The Labute approximate surface area is 144 Å². The molecule has 0 unspecified atom stereocenters. The van der Waals surface area contributed by atoms with E-state index in [0.717, 1.165) is 35.5 Å². The molecule has 3 rings (SSSR count). The lowest BCUT2D eigenvalue weighted by Crippen LogP contribution is -2.23. The van der Waals surface area contributed by atoms with E-state index in [4.69, 9.17) is 0 Å². The summed E-state index contributed by atoms with van der Waals surface area (Å²) >= 11 is 1.45. The third kappa shape index (κ3) is 4.47. The van der Waals surface area contributed by atoms with E-state index in [-0.39, 0.29) is 18.1 Å². The maximum Gasteiger partial charge on any atom is 0.246 e. The number of hydrogen-bond donors (Lipinski definition) is 1. The average molecular weight is 345 g/mol. The van der Waals surface area contributed by atoms with Gasteiger partial charge in [0.15, 0.2) is 0 Å². The molecular weight excluding hydrogens is 325 g/mol. The van der Waals surface area contributed by atoms with Gasteiger partial charge >= 0.3 is 0 Å². The zero-order valence-electron chi connectivity index (χ0n) is 13.6. The molecule has 1 amide bonds. The van der Waals surface area contributed by atoms with Crippen LogP contribution in [0.3, 0.4) is 0 Å². The van der Waals surface area contributed by atoms with Gasteiger partial charge in [0.1, 0.15) is 10.8 Å². The minimum atomic E-state index is -0.272. The van der Waals surface area contributed by atoms with Gasteiger partial charge in [-0.1, -0.05) is 6.92 Å². The Bertz CT molecular complexity index is 739. The van der Waals surface area contributed by atoms with Gasteiger partial charge in [-0.2, -0.15) is 5.10 Å². The fraction of sp³-hybridized carbons (Fsp3) is 0.389. The van der Waals surface area contributed by atoms with Crippen molar-refractivity contribution < 1.29 is 9.18 Å². The van der Waals surface area contributed by atoms with Gasteiger partial charge in [0.2, 0.25) is 5.91 Å². The summed E-state index contributed by atoms with van der Waals surface area (Å²) in [5.74, 6) is 0.217. The molecule has 1 saturated carbocycles. The molecule has 0 bridgehead atoms. The van der Waals surface area contributed by atoms with Crippen LogP contribution in [-0.4, -0.2) is 16.6 Å². The van der Waals surface area contributed by atoms with Crippen molar-refractivity contribution in [2.75, 3.05) is 0 Å². The predicted molar refractivity (Wildman–Crippen MR) is 94.4 cm³/mol. The summed E-state index contributed by atoms with van der Waals surface area (Å²) < 4.78 is 13.0. The number of carbonyl (C=O) groups is 1. The number of carbonyl (C=O) groups excluding carboxylic acids is 1. The molecule has 1 aliphatic carbocycles. The zero-order valence-corrected chi connectivity index (χ0v) is 14.4. The van der Waals surface area contributed by atoms with Crippen LogP contribution in [-0.2, 0) is 11.2 Å². The van der Waals surface area contributed by atoms with E-state index in [2.05, 4.69) is 22.4 Å². The molecule has 24 heavy (non-hydrogen) atoms. The molecule has 4 nitrogen and oxygen atoms in total. The second-order valence-corrected chi connectivity index (χ2v) is 7.10. The topological polar surface area (TPSA) is 54.4 Å². The molecule has 1 aromatic carbocycles. The first kappa shape index (κ1) is 16.8. The number of nitrogens with zero attached hydrogens (tertiary/aromatic N) is 2. The molecule has 6 heteroatoms. The van der Waals surface area contributed by atoms with Gasteiger partial charge in [0.05, 0.1) is 12.1 Å². The molecule has 1 N–H and O–H groups in total. The lowest BCUT2D eigenvalue weighted by molar-refractivity contribution is -0.120. The fourth-order valence-electron chi connectivity index (χ4n) is 2.82. The van der Waals surface area contributed by atoms with E-state index >= 15 is 0 Å². The number of hydrazone groups is 1. The SMILES string of the molecule is C[C@@H]1CCC/C(=N\NC(=O)Cc2csc(-c3ccc(F)cc3)n2)C1. The average Bonchev–Trinajstić information content (AvgIpc) is 3.02. The minimum absolute atomic E-state index is 0.156. The van der Waals surface area contributed by atoms with Gasteiger partial charge in [-0.25, -0.2) is 14.8 Å². The summed E-state index contributed by atoms with van der Waals surface area (Å²) in [6.07, 6.45) is 4.51. The Hall–Kier alpha value is -2.08. The summed E-state index contributed by atoms with van der Waals surface area (Å²) in [7, 11) is 0. The van der Waals surface area contributed by atoms with Gasteiger partial charge in [0.25, 0.3) is 0 Å². The third-order valence-electron chi connectivity index (χ3n) is 4.07. The maximum atomic E-state index is 13.0. The van der Waals surface area contributed by atoms with Crippen LogP contribution in [0, 0.1) is 11.7 Å². The molecular formula is C18H20FN3OS. The number of hydrogen-bond acceptors (Lipinski definition) is 4. The molecule has 0 aliphatic heterocycles.